The molecule has 0 atom stereocenters. The van der Waals surface area contributed by atoms with Gasteiger partial charge in [0.05, 0.1) is 12.7 Å². The summed E-state index contributed by atoms with van der Waals surface area (Å²) in [5, 5.41) is 10.5. The van der Waals surface area contributed by atoms with E-state index in [1.165, 1.54) is 5.56 Å². The van der Waals surface area contributed by atoms with Gasteiger partial charge in [-0.2, -0.15) is 0 Å². The maximum atomic E-state index is 10.5. The molecule has 1 aromatic rings. The topological polar surface area (TPSA) is 32.7 Å². The Labute approximate surface area is 109 Å². The molecule has 2 rings (SSSR count). The third-order valence-electron chi connectivity index (χ3n) is 3.96. The van der Waals surface area contributed by atoms with Gasteiger partial charge in [0.1, 0.15) is 5.75 Å². The van der Waals surface area contributed by atoms with Crippen LogP contribution >= 0.6 is 0 Å². The van der Waals surface area contributed by atoms with Gasteiger partial charge in [0.25, 0.3) is 0 Å². The summed E-state index contributed by atoms with van der Waals surface area (Å²) in [7, 11) is 3.79. The van der Waals surface area contributed by atoms with E-state index in [9.17, 15) is 5.11 Å². The van der Waals surface area contributed by atoms with Crippen LogP contribution in [-0.4, -0.2) is 42.9 Å². The Morgan fingerprint density at radius 1 is 1.22 bits per heavy atom. The minimum Gasteiger partial charge on any atom is -0.497 e. The van der Waals surface area contributed by atoms with Crippen molar-refractivity contribution in [3.8, 4) is 5.75 Å². The van der Waals surface area contributed by atoms with E-state index in [0.717, 1.165) is 44.5 Å². The van der Waals surface area contributed by atoms with Crippen molar-refractivity contribution in [3.63, 3.8) is 0 Å². The van der Waals surface area contributed by atoms with E-state index in [4.69, 9.17) is 4.74 Å². The average Bonchev–Trinajstić information content (AvgIpc) is 2.41. The molecule has 0 saturated carbocycles. The number of hydrogen-bond donors (Lipinski definition) is 1. The fraction of sp³-hybridized carbons (Fsp3) is 0.600. The molecule has 0 amide bonds. The van der Waals surface area contributed by atoms with Crippen molar-refractivity contribution in [2.24, 2.45) is 0 Å². The van der Waals surface area contributed by atoms with Gasteiger partial charge < -0.3 is 14.7 Å². The molecule has 1 aliphatic heterocycles. The second-order valence-corrected chi connectivity index (χ2v) is 5.38. The van der Waals surface area contributed by atoms with Gasteiger partial charge in [-0.3, -0.25) is 0 Å². The van der Waals surface area contributed by atoms with Crippen molar-refractivity contribution in [3.05, 3.63) is 29.8 Å². The zero-order valence-corrected chi connectivity index (χ0v) is 11.4. The summed E-state index contributed by atoms with van der Waals surface area (Å²) < 4.78 is 5.14. The van der Waals surface area contributed by atoms with E-state index in [-0.39, 0.29) is 0 Å². The lowest BCUT2D eigenvalue weighted by Crippen LogP contribution is -2.42. The fourth-order valence-electron chi connectivity index (χ4n) is 2.45. The lowest BCUT2D eigenvalue weighted by atomic mass is 9.86. The monoisotopic (exact) mass is 249 g/mol. The van der Waals surface area contributed by atoms with E-state index >= 15 is 0 Å². The number of likely N-dealkylation sites (tertiary alicyclic amines) is 1. The molecule has 18 heavy (non-hydrogen) atoms. The first kappa shape index (κ1) is 13.4. The molecular weight excluding hydrogens is 226 g/mol. The zero-order chi connectivity index (χ0) is 13.0. The predicted octanol–water partition coefficient (Wildman–Crippen LogP) is 2.08. The summed E-state index contributed by atoms with van der Waals surface area (Å²) in [6.45, 7) is 2.00. The number of benzene rings is 1. The highest BCUT2D eigenvalue weighted by molar-refractivity contribution is 5.27. The van der Waals surface area contributed by atoms with Crippen LogP contribution in [-0.2, 0) is 6.42 Å². The number of ether oxygens (including phenoxy) is 1. The molecule has 100 valence electrons. The Hall–Kier alpha value is -1.06. The number of nitrogens with zero attached hydrogens (tertiary/aromatic N) is 1. The number of methoxy groups -OCH3 is 1. The third kappa shape index (κ3) is 3.47. The van der Waals surface area contributed by atoms with Crippen LogP contribution in [0.3, 0.4) is 0 Å². The van der Waals surface area contributed by atoms with Crippen molar-refractivity contribution in [2.45, 2.75) is 31.3 Å². The summed E-state index contributed by atoms with van der Waals surface area (Å²) in [6.07, 6.45) is 3.57. The van der Waals surface area contributed by atoms with E-state index in [1.54, 1.807) is 7.11 Å². The largest absolute Gasteiger partial charge is 0.497 e. The molecule has 1 saturated heterocycles. The van der Waals surface area contributed by atoms with Gasteiger partial charge in [0, 0.05) is 13.1 Å². The minimum absolute atomic E-state index is 0.466. The first-order valence-corrected chi connectivity index (χ1v) is 6.65. The van der Waals surface area contributed by atoms with Crippen LogP contribution in [0, 0.1) is 0 Å². The summed E-state index contributed by atoms with van der Waals surface area (Å²) in [5.74, 6) is 0.886. The molecule has 1 fully saturated rings. The fourth-order valence-corrected chi connectivity index (χ4v) is 2.45. The Bertz CT molecular complexity index is 367. The highest BCUT2D eigenvalue weighted by atomic mass is 16.5. The molecule has 0 bridgehead atoms. The lowest BCUT2D eigenvalue weighted by Gasteiger charge is -2.36. The van der Waals surface area contributed by atoms with Gasteiger partial charge in [-0.1, -0.05) is 12.1 Å². The minimum atomic E-state index is -0.466. The Morgan fingerprint density at radius 2 is 1.83 bits per heavy atom. The maximum Gasteiger partial charge on any atom is 0.118 e. The molecule has 3 heteroatoms. The maximum absolute atomic E-state index is 10.5. The van der Waals surface area contributed by atoms with Crippen molar-refractivity contribution < 1.29 is 9.84 Å². The Kier molecular flexibility index (Phi) is 4.25. The van der Waals surface area contributed by atoms with Gasteiger partial charge in [0.15, 0.2) is 0 Å². The number of rotatable bonds is 4. The molecule has 1 heterocycles. The van der Waals surface area contributed by atoms with Crippen LogP contribution in [0.25, 0.3) is 0 Å². The van der Waals surface area contributed by atoms with Crippen LogP contribution < -0.4 is 4.74 Å². The second kappa shape index (κ2) is 5.72. The van der Waals surface area contributed by atoms with Gasteiger partial charge in [-0.25, -0.2) is 0 Å². The van der Waals surface area contributed by atoms with E-state index in [2.05, 4.69) is 24.1 Å². The van der Waals surface area contributed by atoms with Crippen molar-refractivity contribution in [2.75, 3.05) is 27.2 Å². The zero-order valence-electron chi connectivity index (χ0n) is 11.4. The second-order valence-electron chi connectivity index (χ2n) is 5.38. The highest BCUT2D eigenvalue weighted by Gasteiger charge is 2.30. The van der Waals surface area contributed by atoms with Gasteiger partial charge in [-0.05, 0) is 50.4 Å². The normalized spacial score (nSPS) is 19.7. The molecule has 0 aliphatic carbocycles. The molecule has 0 aromatic heterocycles. The molecule has 1 aromatic carbocycles. The molecule has 1 N–H and O–H groups in total. The Balaban J connectivity index is 1.86. The molecule has 0 unspecified atom stereocenters. The summed E-state index contributed by atoms with van der Waals surface area (Å²) in [4.78, 5) is 2.28. The number of aliphatic hydroxyl groups is 1. The summed E-state index contributed by atoms with van der Waals surface area (Å²) >= 11 is 0. The number of piperidine rings is 1. The van der Waals surface area contributed by atoms with E-state index in [0.29, 0.717) is 0 Å². The standard InChI is InChI=1S/C15H23NO2/c1-16-11-9-15(17,10-12-16)8-7-13-3-5-14(18-2)6-4-13/h3-6,17H,7-12H2,1-2H3. The van der Waals surface area contributed by atoms with E-state index < -0.39 is 5.60 Å². The van der Waals surface area contributed by atoms with Crippen LogP contribution in [0.5, 0.6) is 5.75 Å². The summed E-state index contributed by atoms with van der Waals surface area (Å²) in [6, 6.07) is 8.12. The highest BCUT2D eigenvalue weighted by Crippen LogP contribution is 2.26. The molecule has 0 spiro atoms. The van der Waals surface area contributed by atoms with Crippen LogP contribution in [0.1, 0.15) is 24.8 Å². The number of hydrogen-bond acceptors (Lipinski definition) is 3. The lowest BCUT2D eigenvalue weighted by molar-refractivity contribution is -0.0220. The molecule has 1 aliphatic rings. The van der Waals surface area contributed by atoms with Crippen molar-refractivity contribution in [1.29, 1.82) is 0 Å². The first-order valence-electron chi connectivity index (χ1n) is 6.65. The van der Waals surface area contributed by atoms with Crippen LogP contribution in [0.15, 0.2) is 24.3 Å². The van der Waals surface area contributed by atoms with Gasteiger partial charge in [-0.15, -0.1) is 0 Å². The molecule has 3 nitrogen and oxygen atoms in total. The van der Waals surface area contributed by atoms with Crippen molar-refractivity contribution in [1.82, 2.24) is 4.90 Å². The van der Waals surface area contributed by atoms with E-state index in [1.807, 2.05) is 12.1 Å². The number of aryl methyl sites for hydroxylation is 1. The van der Waals surface area contributed by atoms with Gasteiger partial charge in [0.2, 0.25) is 0 Å². The average molecular weight is 249 g/mol. The molecular formula is C15H23NO2. The van der Waals surface area contributed by atoms with Crippen LogP contribution in [0.2, 0.25) is 0 Å². The SMILES string of the molecule is COc1ccc(CCC2(O)CCN(C)CC2)cc1. The quantitative estimate of drug-likeness (QED) is 0.887. The molecule has 0 radical (unpaired) electrons. The van der Waals surface area contributed by atoms with Gasteiger partial charge >= 0.3 is 0 Å². The van der Waals surface area contributed by atoms with Crippen LogP contribution in [0.4, 0.5) is 0 Å². The smallest absolute Gasteiger partial charge is 0.118 e. The summed E-state index contributed by atoms with van der Waals surface area (Å²) in [5.41, 5.74) is 0.801. The Morgan fingerprint density at radius 3 is 2.39 bits per heavy atom. The predicted molar refractivity (Wildman–Crippen MR) is 73.0 cm³/mol. The van der Waals surface area contributed by atoms with Crippen molar-refractivity contribution >= 4 is 0 Å². The third-order valence-corrected chi connectivity index (χ3v) is 3.96. The first-order chi connectivity index (χ1) is 8.61.